The molecule has 1 aliphatic heterocycles. The molecule has 3 fully saturated rings. The Morgan fingerprint density at radius 1 is 1.15 bits per heavy atom. The molecule has 0 unspecified atom stereocenters. The number of carbonyl (C=O) groups excluding carboxylic acids is 1. The first-order valence-corrected chi connectivity index (χ1v) is 15.8. The number of sulfonamides is 1. The standard InChI is InChI=1S/C27H31F3N4O4S2/c28-27(29,30)20-15-18(6-7-22(20)40(36,37)34-26(16-31)10-11-26)23-21(14-17-4-2-1-3-5-17)33-25(39-23)24(35)32-19-8-12-38-13-9-19/h6-7,15,17,19,34H,1-5,8-14H2,(H,32,35). The summed E-state index contributed by atoms with van der Waals surface area (Å²) in [6.45, 7) is 1.08. The molecule has 2 saturated carbocycles. The Morgan fingerprint density at radius 2 is 1.85 bits per heavy atom. The second-order valence-electron chi connectivity index (χ2n) is 10.9. The first kappa shape index (κ1) is 29.0. The lowest BCUT2D eigenvalue weighted by Crippen LogP contribution is -2.38. The minimum atomic E-state index is -4.97. The van der Waals surface area contributed by atoms with Crippen LogP contribution in [-0.2, 0) is 27.4 Å². The summed E-state index contributed by atoms with van der Waals surface area (Å²) in [6, 6.07) is 4.85. The minimum absolute atomic E-state index is 0.0626. The van der Waals surface area contributed by atoms with Crippen molar-refractivity contribution in [2.45, 2.75) is 86.9 Å². The van der Waals surface area contributed by atoms with Gasteiger partial charge in [-0.1, -0.05) is 38.2 Å². The van der Waals surface area contributed by atoms with Gasteiger partial charge in [0, 0.05) is 19.3 Å². The molecular weight excluding hydrogens is 565 g/mol. The highest BCUT2D eigenvalue weighted by molar-refractivity contribution is 7.89. The van der Waals surface area contributed by atoms with Gasteiger partial charge < -0.3 is 10.1 Å². The van der Waals surface area contributed by atoms with Gasteiger partial charge in [0.25, 0.3) is 5.91 Å². The highest BCUT2D eigenvalue weighted by atomic mass is 32.2. The van der Waals surface area contributed by atoms with E-state index in [0.29, 0.717) is 49.0 Å². The van der Waals surface area contributed by atoms with Crippen LogP contribution in [0.5, 0.6) is 0 Å². The van der Waals surface area contributed by atoms with Crippen molar-refractivity contribution < 1.29 is 31.1 Å². The number of ether oxygens (including phenoxy) is 1. The molecule has 1 saturated heterocycles. The lowest BCUT2D eigenvalue weighted by molar-refractivity contribution is -0.139. The number of carbonyl (C=O) groups is 1. The Morgan fingerprint density at radius 3 is 2.48 bits per heavy atom. The second kappa shape index (κ2) is 11.4. The predicted molar refractivity (Wildman–Crippen MR) is 142 cm³/mol. The number of aromatic nitrogens is 1. The number of hydrogen-bond donors (Lipinski definition) is 2. The van der Waals surface area contributed by atoms with Gasteiger partial charge in [0.05, 0.1) is 27.1 Å². The van der Waals surface area contributed by atoms with Crippen molar-refractivity contribution in [1.29, 1.82) is 5.26 Å². The number of rotatable bonds is 8. The Hall–Kier alpha value is -2.53. The molecule has 1 aromatic carbocycles. The van der Waals surface area contributed by atoms with Gasteiger partial charge in [-0.25, -0.2) is 13.4 Å². The zero-order chi connectivity index (χ0) is 28.5. The highest BCUT2D eigenvalue weighted by Crippen LogP contribution is 2.42. The van der Waals surface area contributed by atoms with Crippen LogP contribution in [0.1, 0.15) is 78.8 Å². The van der Waals surface area contributed by atoms with Crippen LogP contribution in [0.2, 0.25) is 0 Å². The van der Waals surface area contributed by atoms with Crippen LogP contribution in [0.15, 0.2) is 23.1 Å². The lowest BCUT2D eigenvalue weighted by Gasteiger charge is -2.22. The van der Waals surface area contributed by atoms with Gasteiger partial charge in [-0.3, -0.25) is 4.79 Å². The molecule has 8 nitrogen and oxygen atoms in total. The summed E-state index contributed by atoms with van der Waals surface area (Å²) in [5.41, 5.74) is -1.98. The Bertz CT molecular complexity index is 1400. The van der Waals surface area contributed by atoms with Gasteiger partial charge in [0.15, 0.2) is 5.01 Å². The monoisotopic (exact) mass is 596 g/mol. The smallest absolute Gasteiger partial charge is 0.381 e. The third-order valence-electron chi connectivity index (χ3n) is 7.79. The summed E-state index contributed by atoms with van der Waals surface area (Å²) in [5.74, 6) is -0.0635. The normalized spacial score (nSPS) is 20.1. The maximum atomic E-state index is 14.2. The Kier molecular flexibility index (Phi) is 8.25. The SMILES string of the molecule is N#CC1(NS(=O)(=O)c2ccc(-c3sc(C(=O)NC4CCOCC4)nc3CC3CCCCC3)cc2C(F)(F)F)CC1. The van der Waals surface area contributed by atoms with Gasteiger partial charge in [0.2, 0.25) is 10.0 Å². The third-order valence-corrected chi connectivity index (χ3v) is 10.5. The van der Waals surface area contributed by atoms with Crippen LogP contribution in [0.25, 0.3) is 10.4 Å². The van der Waals surface area contributed by atoms with Crippen molar-refractivity contribution >= 4 is 27.3 Å². The van der Waals surface area contributed by atoms with E-state index < -0.39 is 32.2 Å². The third kappa shape index (κ3) is 6.51. The van der Waals surface area contributed by atoms with Crippen LogP contribution in [0.4, 0.5) is 13.2 Å². The molecule has 0 radical (unpaired) electrons. The summed E-state index contributed by atoms with van der Waals surface area (Å²) in [7, 11) is -4.62. The number of halogens is 3. The number of nitrogens with one attached hydrogen (secondary N) is 2. The van der Waals surface area contributed by atoms with E-state index in [2.05, 4.69) is 15.0 Å². The van der Waals surface area contributed by atoms with Gasteiger partial charge in [0.1, 0.15) is 5.54 Å². The number of thiazole rings is 1. The summed E-state index contributed by atoms with van der Waals surface area (Å²) >= 11 is 1.02. The molecule has 0 atom stereocenters. The largest absolute Gasteiger partial charge is 0.417 e. The van der Waals surface area contributed by atoms with Crippen molar-refractivity contribution in [1.82, 2.24) is 15.0 Å². The predicted octanol–water partition coefficient (Wildman–Crippen LogP) is 5.19. The molecule has 5 rings (SSSR count). The summed E-state index contributed by atoms with van der Waals surface area (Å²) < 4.78 is 76.1. The second-order valence-corrected chi connectivity index (χ2v) is 13.5. The van der Waals surface area contributed by atoms with Gasteiger partial charge in [-0.15, -0.1) is 11.3 Å². The zero-order valence-corrected chi connectivity index (χ0v) is 23.5. The van der Waals surface area contributed by atoms with Crippen molar-refractivity contribution in [3.05, 3.63) is 34.5 Å². The number of nitrogens with zero attached hydrogens (tertiary/aromatic N) is 2. The van der Waals surface area contributed by atoms with E-state index in [4.69, 9.17) is 4.74 Å². The zero-order valence-electron chi connectivity index (χ0n) is 21.8. The van der Waals surface area contributed by atoms with Gasteiger partial charge in [-0.05, 0) is 55.7 Å². The Balaban J connectivity index is 1.51. The molecule has 216 valence electrons. The molecule has 0 bridgehead atoms. The van der Waals surface area contributed by atoms with E-state index in [0.717, 1.165) is 55.6 Å². The van der Waals surface area contributed by atoms with Crippen molar-refractivity contribution in [3.63, 3.8) is 0 Å². The first-order chi connectivity index (χ1) is 19.0. The van der Waals surface area contributed by atoms with E-state index >= 15 is 0 Å². The quantitative estimate of drug-likeness (QED) is 0.433. The molecule has 2 N–H and O–H groups in total. The fourth-order valence-electron chi connectivity index (χ4n) is 5.37. The molecule has 3 aliphatic rings. The highest BCUT2D eigenvalue weighted by Gasteiger charge is 2.48. The average molecular weight is 597 g/mol. The molecule has 13 heteroatoms. The van der Waals surface area contributed by atoms with Crippen LogP contribution >= 0.6 is 11.3 Å². The van der Waals surface area contributed by atoms with E-state index in [1.807, 2.05) is 6.07 Å². The van der Waals surface area contributed by atoms with Gasteiger partial charge >= 0.3 is 6.18 Å². The molecule has 0 spiro atoms. The Labute approximate surface area is 235 Å². The number of amides is 1. The topological polar surface area (TPSA) is 121 Å². The van der Waals surface area contributed by atoms with Gasteiger partial charge in [-0.2, -0.15) is 23.2 Å². The van der Waals surface area contributed by atoms with Crippen LogP contribution in [-0.4, -0.2) is 44.1 Å². The van der Waals surface area contributed by atoms with Crippen molar-refractivity contribution in [2.75, 3.05) is 13.2 Å². The number of hydrogen-bond acceptors (Lipinski definition) is 7. The lowest BCUT2D eigenvalue weighted by atomic mass is 9.85. The number of nitriles is 1. The molecule has 2 aromatic rings. The molecule has 2 aliphatic carbocycles. The fraction of sp³-hybridized carbons (Fsp3) is 0.593. The first-order valence-electron chi connectivity index (χ1n) is 13.5. The van der Waals surface area contributed by atoms with E-state index in [9.17, 15) is 31.6 Å². The van der Waals surface area contributed by atoms with Crippen molar-refractivity contribution in [2.24, 2.45) is 5.92 Å². The number of benzene rings is 1. The number of alkyl halides is 3. The van der Waals surface area contributed by atoms with Crippen molar-refractivity contribution in [3.8, 4) is 16.5 Å². The van der Waals surface area contributed by atoms with E-state index in [-0.39, 0.29) is 35.4 Å². The van der Waals surface area contributed by atoms with Crippen LogP contribution in [0.3, 0.4) is 0 Å². The van der Waals surface area contributed by atoms with Crippen LogP contribution < -0.4 is 10.0 Å². The van der Waals surface area contributed by atoms with Crippen LogP contribution in [0, 0.1) is 17.2 Å². The molecule has 40 heavy (non-hydrogen) atoms. The molecular formula is C27H31F3N4O4S2. The minimum Gasteiger partial charge on any atom is -0.381 e. The molecule has 2 heterocycles. The summed E-state index contributed by atoms with van der Waals surface area (Å²) in [4.78, 5) is 17.2. The maximum absolute atomic E-state index is 14.2. The average Bonchev–Trinajstić information content (AvgIpc) is 3.57. The molecule has 1 amide bonds. The fourth-order valence-corrected chi connectivity index (χ4v) is 7.95. The summed E-state index contributed by atoms with van der Waals surface area (Å²) in [5, 5.41) is 12.4. The maximum Gasteiger partial charge on any atom is 0.417 e. The summed E-state index contributed by atoms with van der Waals surface area (Å²) in [6.07, 6.45) is 2.65. The van der Waals surface area contributed by atoms with E-state index in [1.165, 1.54) is 6.07 Å². The van der Waals surface area contributed by atoms with E-state index in [1.54, 1.807) is 0 Å². The molecule has 1 aromatic heterocycles.